The minimum Gasteiger partial charge on any atom is -0.356 e. The Balaban J connectivity index is 2.12. The van der Waals surface area contributed by atoms with Crippen LogP contribution in [0.1, 0.15) is 12.8 Å². The summed E-state index contributed by atoms with van der Waals surface area (Å²) in [6, 6.07) is 0.279. The third-order valence-electron chi connectivity index (χ3n) is 2.61. The minimum atomic E-state index is 0.220. The molecule has 3 N–H and O–H groups in total. The molecule has 3 unspecified atom stereocenters. The summed E-state index contributed by atoms with van der Waals surface area (Å²) in [7, 11) is 0. The molecular weight excluding hydrogens is 128 g/mol. The lowest BCUT2D eigenvalue weighted by Crippen LogP contribution is -2.24. The van der Waals surface area contributed by atoms with Crippen LogP contribution in [0.25, 0.3) is 0 Å². The molecule has 2 fully saturated rings. The van der Waals surface area contributed by atoms with Crippen LogP contribution in [0.4, 0.5) is 0 Å². The lowest BCUT2D eigenvalue weighted by molar-refractivity contribution is -0.122. The molecule has 0 aromatic heterocycles. The molecule has 1 aliphatic carbocycles. The Bertz CT molecular complexity index is 169. The van der Waals surface area contributed by atoms with Gasteiger partial charge in [-0.15, -0.1) is 0 Å². The number of rotatable bonds is 0. The summed E-state index contributed by atoms with van der Waals surface area (Å²) < 4.78 is 0. The molecule has 56 valence electrons. The zero-order valence-corrected chi connectivity index (χ0v) is 5.84. The molecule has 10 heavy (non-hydrogen) atoms. The van der Waals surface area contributed by atoms with Crippen molar-refractivity contribution in [2.24, 2.45) is 17.6 Å². The van der Waals surface area contributed by atoms with E-state index in [0.717, 1.165) is 19.4 Å². The van der Waals surface area contributed by atoms with Crippen LogP contribution in [0.5, 0.6) is 0 Å². The van der Waals surface area contributed by atoms with Gasteiger partial charge in [0.1, 0.15) is 0 Å². The van der Waals surface area contributed by atoms with Gasteiger partial charge < -0.3 is 11.1 Å². The maximum atomic E-state index is 11.0. The predicted octanol–water partition coefficient (Wildman–Crippen LogP) is -0.530. The average molecular weight is 140 g/mol. The van der Waals surface area contributed by atoms with E-state index >= 15 is 0 Å². The molecule has 2 aliphatic rings. The van der Waals surface area contributed by atoms with Crippen molar-refractivity contribution in [1.82, 2.24) is 5.32 Å². The Morgan fingerprint density at radius 1 is 1.50 bits per heavy atom. The molecule has 0 radical (unpaired) electrons. The van der Waals surface area contributed by atoms with E-state index in [0.29, 0.717) is 5.92 Å². The fourth-order valence-electron chi connectivity index (χ4n) is 2.08. The van der Waals surface area contributed by atoms with Crippen LogP contribution in [-0.4, -0.2) is 18.5 Å². The molecule has 0 spiro atoms. The largest absolute Gasteiger partial charge is 0.356 e. The third-order valence-corrected chi connectivity index (χ3v) is 2.61. The quantitative estimate of drug-likeness (QED) is 0.475. The summed E-state index contributed by atoms with van der Waals surface area (Å²) in [5, 5.41) is 2.85. The summed E-state index contributed by atoms with van der Waals surface area (Å²) in [6.45, 7) is 0.858. The van der Waals surface area contributed by atoms with E-state index in [-0.39, 0.29) is 17.9 Å². The second kappa shape index (κ2) is 1.95. The Morgan fingerprint density at radius 3 is 3.00 bits per heavy atom. The summed E-state index contributed by atoms with van der Waals surface area (Å²) in [4.78, 5) is 11.0. The molecule has 3 nitrogen and oxygen atoms in total. The van der Waals surface area contributed by atoms with E-state index in [1.165, 1.54) is 0 Å². The van der Waals surface area contributed by atoms with Crippen molar-refractivity contribution in [3.8, 4) is 0 Å². The van der Waals surface area contributed by atoms with E-state index < -0.39 is 0 Å². The molecule has 1 heterocycles. The number of nitrogens with one attached hydrogen (secondary N) is 1. The molecule has 1 amide bonds. The highest BCUT2D eigenvalue weighted by Gasteiger charge is 2.41. The fourth-order valence-corrected chi connectivity index (χ4v) is 2.08. The Kier molecular flexibility index (Phi) is 1.20. The van der Waals surface area contributed by atoms with Crippen LogP contribution in [0, 0.1) is 11.8 Å². The predicted molar refractivity (Wildman–Crippen MR) is 37.2 cm³/mol. The highest BCUT2D eigenvalue weighted by molar-refractivity contribution is 5.81. The molecule has 1 saturated carbocycles. The highest BCUT2D eigenvalue weighted by Crippen LogP contribution is 2.33. The lowest BCUT2D eigenvalue weighted by Gasteiger charge is -2.01. The first-order valence-corrected chi connectivity index (χ1v) is 3.80. The standard InChI is InChI=1S/C7H12N2O/c8-5-1-4-3-9-7(10)6(4)2-5/h4-6H,1-3,8H2,(H,9,10). The first-order chi connectivity index (χ1) is 4.77. The van der Waals surface area contributed by atoms with E-state index in [1.54, 1.807) is 0 Å². The highest BCUT2D eigenvalue weighted by atomic mass is 16.2. The zero-order chi connectivity index (χ0) is 7.14. The third kappa shape index (κ3) is 0.736. The number of fused-ring (bicyclic) bond motifs is 1. The van der Waals surface area contributed by atoms with E-state index in [2.05, 4.69) is 5.32 Å². The Labute approximate surface area is 60.0 Å². The molecule has 0 aromatic carbocycles. The molecule has 3 atom stereocenters. The Hall–Kier alpha value is -0.570. The van der Waals surface area contributed by atoms with Crippen molar-refractivity contribution in [1.29, 1.82) is 0 Å². The van der Waals surface area contributed by atoms with Crippen LogP contribution < -0.4 is 11.1 Å². The second-order valence-corrected chi connectivity index (χ2v) is 3.34. The van der Waals surface area contributed by atoms with E-state index in [4.69, 9.17) is 5.73 Å². The lowest BCUT2D eigenvalue weighted by atomic mass is 10.0. The molecule has 1 aliphatic heterocycles. The van der Waals surface area contributed by atoms with Crippen molar-refractivity contribution in [2.45, 2.75) is 18.9 Å². The van der Waals surface area contributed by atoms with Gasteiger partial charge in [-0.25, -0.2) is 0 Å². The first kappa shape index (κ1) is 6.16. The number of hydrogen-bond acceptors (Lipinski definition) is 2. The number of nitrogens with two attached hydrogens (primary N) is 1. The van der Waals surface area contributed by atoms with Gasteiger partial charge in [0.15, 0.2) is 0 Å². The van der Waals surface area contributed by atoms with Gasteiger partial charge in [-0.1, -0.05) is 0 Å². The normalized spacial score (nSPS) is 45.3. The monoisotopic (exact) mass is 140 g/mol. The van der Waals surface area contributed by atoms with Gasteiger partial charge >= 0.3 is 0 Å². The van der Waals surface area contributed by atoms with Crippen molar-refractivity contribution in [2.75, 3.05) is 6.54 Å². The average Bonchev–Trinajstić information content (AvgIpc) is 2.35. The van der Waals surface area contributed by atoms with Gasteiger partial charge in [0.2, 0.25) is 5.91 Å². The van der Waals surface area contributed by atoms with Gasteiger partial charge in [0, 0.05) is 18.5 Å². The summed E-state index contributed by atoms with van der Waals surface area (Å²) in [6.07, 6.45) is 1.93. The van der Waals surface area contributed by atoms with Crippen molar-refractivity contribution in [3.05, 3.63) is 0 Å². The number of hydrogen-bond donors (Lipinski definition) is 2. The van der Waals surface area contributed by atoms with Gasteiger partial charge in [-0.3, -0.25) is 4.79 Å². The van der Waals surface area contributed by atoms with Crippen molar-refractivity contribution < 1.29 is 4.79 Å². The van der Waals surface area contributed by atoms with Crippen molar-refractivity contribution in [3.63, 3.8) is 0 Å². The van der Waals surface area contributed by atoms with Crippen LogP contribution in [0.15, 0.2) is 0 Å². The van der Waals surface area contributed by atoms with Crippen LogP contribution in [0.2, 0.25) is 0 Å². The van der Waals surface area contributed by atoms with Crippen LogP contribution in [0.3, 0.4) is 0 Å². The van der Waals surface area contributed by atoms with E-state index in [1.807, 2.05) is 0 Å². The second-order valence-electron chi connectivity index (χ2n) is 3.34. The van der Waals surface area contributed by atoms with E-state index in [9.17, 15) is 4.79 Å². The summed E-state index contributed by atoms with van der Waals surface area (Å²) >= 11 is 0. The topological polar surface area (TPSA) is 55.1 Å². The Morgan fingerprint density at radius 2 is 2.30 bits per heavy atom. The number of carbonyl (C=O) groups is 1. The van der Waals surface area contributed by atoms with Gasteiger partial charge in [-0.2, -0.15) is 0 Å². The smallest absolute Gasteiger partial charge is 0.223 e. The van der Waals surface area contributed by atoms with Crippen molar-refractivity contribution >= 4 is 5.91 Å². The first-order valence-electron chi connectivity index (χ1n) is 3.80. The van der Waals surface area contributed by atoms with Gasteiger partial charge in [0.05, 0.1) is 0 Å². The van der Waals surface area contributed by atoms with Crippen LogP contribution in [-0.2, 0) is 4.79 Å². The number of amides is 1. The molecule has 2 rings (SSSR count). The zero-order valence-electron chi connectivity index (χ0n) is 5.84. The molecular formula is C7H12N2O. The minimum absolute atomic E-state index is 0.220. The summed E-state index contributed by atoms with van der Waals surface area (Å²) in [5.41, 5.74) is 5.71. The van der Waals surface area contributed by atoms with Gasteiger partial charge in [-0.05, 0) is 18.8 Å². The molecule has 0 aromatic rings. The number of carbonyl (C=O) groups excluding carboxylic acids is 1. The molecule has 3 heteroatoms. The molecule has 1 saturated heterocycles. The molecule has 0 bridgehead atoms. The van der Waals surface area contributed by atoms with Gasteiger partial charge in [0.25, 0.3) is 0 Å². The SMILES string of the molecule is NC1CC2CNC(=O)C2C1. The fraction of sp³-hybridized carbons (Fsp3) is 0.857. The maximum Gasteiger partial charge on any atom is 0.223 e. The summed E-state index contributed by atoms with van der Waals surface area (Å²) in [5.74, 6) is 1.01. The van der Waals surface area contributed by atoms with Crippen LogP contribution >= 0.6 is 0 Å². The maximum absolute atomic E-state index is 11.0.